The van der Waals surface area contributed by atoms with Gasteiger partial charge in [0.2, 0.25) is 5.43 Å². The summed E-state index contributed by atoms with van der Waals surface area (Å²) in [5, 5.41) is 8.91. The third-order valence-electron chi connectivity index (χ3n) is 1.93. The maximum Gasteiger partial charge on any atom is 0.223 e. The number of rotatable bonds is 4. The van der Waals surface area contributed by atoms with Gasteiger partial charge in [0.05, 0.1) is 19.4 Å². The second-order valence-corrected chi connectivity index (χ2v) is 3.11. The lowest BCUT2D eigenvalue weighted by molar-refractivity contribution is 0.269. The van der Waals surface area contributed by atoms with Crippen LogP contribution >= 0.6 is 0 Å². The first kappa shape index (κ1) is 10.8. The van der Waals surface area contributed by atoms with Gasteiger partial charge in [0.1, 0.15) is 0 Å². The first-order chi connectivity index (χ1) is 6.69. The van der Waals surface area contributed by atoms with E-state index in [2.05, 4.69) is 0 Å². The quantitative estimate of drug-likeness (QED) is 0.771. The molecule has 1 rings (SSSR count). The number of aryl methyl sites for hydroxylation is 1. The Bertz CT molecular complexity index is 357. The van der Waals surface area contributed by atoms with Crippen molar-refractivity contribution in [3.8, 4) is 5.75 Å². The van der Waals surface area contributed by atoms with Crippen molar-refractivity contribution in [1.82, 2.24) is 4.57 Å². The summed E-state index contributed by atoms with van der Waals surface area (Å²) in [5.41, 5.74) is 0.402. The van der Waals surface area contributed by atoms with Gasteiger partial charge in [-0.15, -0.1) is 0 Å². The van der Waals surface area contributed by atoms with Crippen LogP contribution in [-0.4, -0.2) is 16.3 Å². The van der Waals surface area contributed by atoms with Gasteiger partial charge in [-0.05, 0) is 6.42 Å². The lowest BCUT2D eigenvalue weighted by atomic mass is 10.3. The molecule has 4 heteroatoms. The third-order valence-corrected chi connectivity index (χ3v) is 1.93. The Morgan fingerprint density at radius 1 is 1.57 bits per heavy atom. The molecule has 0 unspecified atom stereocenters. The van der Waals surface area contributed by atoms with Crippen molar-refractivity contribution >= 4 is 0 Å². The van der Waals surface area contributed by atoms with Crippen LogP contribution in [-0.2, 0) is 13.7 Å². The maximum absolute atomic E-state index is 11.4. The van der Waals surface area contributed by atoms with E-state index in [9.17, 15) is 4.79 Å². The molecule has 1 heterocycles. The van der Waals surface area contributed by atoms with Gasteiger partial charge < -0.3 is 14.4 Å². The summed E-state index contributed by atoms with van der Waals surface area (Å²) >= 11 is 0. The van der Waals surface area contributed by atoms with Crippen LogP contribution in [0.5, 0.6) is 5.75 Å². The van der Waals surface area contributed by atoms with Crippen LogP contribution in [0.4, 0.5) is 0 Å². The number of aromatic nitrogens is 1. The number of hydrogen-bond acceptors (Lipinski definition) is 3. The molecule has 1 aromatic rings. The van der Waals surface area contributed by atoms with Crippen LogP contribution in [0, 0.1) is 0 Å². The third kappa shape index (κ3) is 2.35. The van der Waals surface area contributed by atoms with Crippen LogP contribution in [0.15, 0.2) is 17.1 Å². The van der Waals surface area contributed by atoms with Crippen molar-refractivity contribution in [3.63, 3.8) is 0 Å². The molecular weight excluding hydrogens is 182 g/mol. The highest BCUT2D eigenvalue weighted by molar-refractivity contribution is 5.21. The summed E-state index contributed by atoms with van der Waals surface area (Å²) in [6.07, 6.45) is 2.47. The summed E-state index contributed by atoms with van der Waals surface area (Å²) < 4.78 is 6.94. The Hall–Kier alpha value is -1.29. The fraction of sp³-hybridized carbons (Fsp3) is 0.500. The van der Waals surface area contributed by atoms with Crippen molar-refractivity contribution in [2.24, 2.45) is 7.05 Å². The van der Waals surface area contributed by atoms with Crippen molar-refractivity contribution in [2.75, 3.05) is 6.61 Å². The Morgan fingerprint density at radius 2 is 2.29 bits per heavy atom. The van der Waals surface area contributed by atoms with E-state index >= 15 is 0 Å². The summed E-state index contributed by atoms with van der Waals surface area (Å²) in [4.78, 5) is 11.4. The van der Waals surface area contributed by atoms with Crippen LogP contribution in [0.1, 0.15) is 19.0 Å². The SMILES string of the molecule is CCCOc1cn(C)c(CO)cc1=O. The zero-order valence-corrected chi connectivity index (χ0v) is 8.49. The van der Waals surface area contributed by atoms with Crippen LogP contribution in [0.2, 0.25) is 0 Å². The summed E-state index contributed by atoms with van der Waals surface area (Å²) in [6.45, 7) is 2.38. The van der Waals surface area contributed by atoms with Crippen LogP contribution in [0.3, 0.4) is 0 Å². The van der Waals surface area contributed by atoms with E-state index in [4.69, 9.17) is 9.84 Å². The van der Waals surface area contributed by atoms with Gasteiger partial charge >= 0.3 is 0 Å². The molecule has 14 heavy (non-hydrogen) atoms. The maximum atomic E-state index is 11.4. The lowest BCUT2D eigenvalue weighted by Gasteiger charge is -2.09. The Balaban J connectivity index is 2.97. The molecule has 0 aliphatic carbocycles. The van der Waals surface area contributed by atoms with Gasteiger partial charge in [0, 0.05) is 18.8 Å². The molecule has 1 aromatic heterocycles. The fourth-order valence-corrected chi connectivity index (χ4v) is 1.12. The Labute approximate surface area is 82.8 Å². The number of ether oxygens (including phenoxy) is 1. The molecule has 0 aliphatic rings. The van der Waals surface area contributed by atoms with E-state index in [-0.39, 0.29) is 12.0 Å². The average molecular weight is 197 g/mol. The molecule has 0 saturated carbocycles. The summed E-state index contributed by atoms with van der Waals surface area (Å²) in [6, 6.07) is 1.39. The monoisotopic (exact) mass is 197 g/mol. The molecule has 0 bridgehead atoms. The number of aliphatic hydroxyl groups is 1. The predicted molar refractivity (Wildman–Crippen MR) is 53.4 cm³/mol. The number of pyridine rings is 1. The number of hydrogen-bond donors (Lipinski definition) is 1. The second kappa shape index (κ2) is 4.81. The van der Waals surface area contributed by atoms with Gasteiger partial charge in [-0.2, -0.15) is 0 Å². The van der Waals surface area contributed by atoms with E-state index in [1.54, 1.807) is 17.8 Å². The fourth-order valence-electron chi connectivity index (χ4n) is 1.12. The molecular formula is C10H15NO3. The number of nitrogens with zero attached hydrogens (tertiary/aromatic N) is 1. The molecule has 0 aliphatic heterocycles. The molecule has 0 radical (unpaired) electrons. The normalized spacial score (nSPS) is 10.2. The van der Waals surface area contributed by atoms with Crippen LogP contribution in [0.25, 0.3) is 0 Å². The molecule has 0 aromatic carbocycles. The minimum atomic E-state index is -0.180. The molecule has 0 saturated heterocycles. The highest BCUT2D eigenvalue weighted by Crippen LogP contribution is 2.05. The standard InChI is InChI=1S/C10H15NO3/c1-3-4-14-10-6-11(2)8(7-12)5-9(10)13/h5-6,12H,3-4,7H2,1-2H3. The zero-order valence-electron chi connectivity index (χ0n) is 8.49. The minimum Gasteiger partial charge on any atom is -0.488 e. The molecule has 0 spiro atoms. The highest BCUT2D eigenvalue weighted by Gasteiger charge is 2.03. The molecule has 78 valence electrons. The van der Waals surface area contributed by atoms with Gasteiger partial charge in [-0.25, -0.2) is 0 Å². The Kier molecular flexibility index (Phi) is 3.71. The second-order valence-electron chi connectivity index (χ2n) is 3.11. The first-order valence-corrected chi connectivity index (χ1v) is 4.62. The van der Waals surface area contributed by atoms with Gasteiger partial charge in [-0.1, -0.05) is 6.92 Å². The van der Waals surface area contributed by atoms with Crippen molar-refractivity contribution in [1.29, 1.82) is 0 Å². The highest BCUT2D eigenvalue weighted by atomic mass is 16.5. The first-order valence-electron chi connectivity index (χ1n) is 4.62. The van der Waals surface area contributed by atoms with Crippen LogP contribution < -0.4 is 10.2 Å². The predicted octanol–water partition coefficient (Wildman–Crippen LogP) is 0.666. The largest absolute Gasteiger partial charge is 0.488 e. The van der Waals surface area contributed by atoms with E-state index in [1.807, 2.05) is 6.92 Å². The Morgan fingerprint density at radius 3 is 2.86 bits per heavy atom. The van der Waals surface area contributed by atoms with Gasteiger partial charge in [0.25, 0.3) is 0 Å². The molecule has 0 atom stereocenters. The summed E-state index contributed by atoms with van der Waals surface area (Å²) in [5.74, 6) is 0.339. The van der Waals surface area contributed by atoms with E-state index in [1.165, 1.54) is 6.07 Å². The average Bonchev–Trinajstić information content (AvgIpc) is 2.18. The molecule has 0 amide bonds. The molecule has 1 N–H and O–H groups in total. The molecule has 0 fully saturated rings. The molecule has 4 nitrogen and oxygen atoms in total. The summed E-state index contributed by atoms with van der Waals surface area (Å²) in [7, 11) is 1.77. The van der Waals surface area contributed by atoms with Crippen molar-refractivity contribution < 1.29 is 9.84 Å². The van der Waals surface area contributed by atoms with Gasteiger partial charge in [-0.3, -0.25) is 4.79 Å². The smallest absolute Gasteiger partial charge is 0.223 e. The van der Waals surface area contributed by atoms with E-state index in [0.717, 1.165) is 6.42 Å². The van der Waals surface area contributed by atoms with E-state index < -0.39 is 0 Å². The lowest BCUT2D eigenvalue weighted by Crippen LogP contribution is -2.13. The van der Waals surface area contributed by atoms with Crippen molar-refractivity contribution in [2.45, 2.75) is 20.0 Å². The van der Waals surface area contributed by atoms with E-state index in [0.29, 0.717) is 18.1 Å². The van der Waals surface area contributed by atoms with Gasteiger partial charge in [0.15, 0.2) is 5.75 Å². The zero-order chi connectivity index (χ0) is 10.6. The number of aliphatic hydroxyl groups excluding tert-OH is 1. The topological polar surface area (TPSA) is 51.5 Å². The minimum absolute atomic E-state index is 0.139. The van der Waals surface area contributed by atoms with Crippen molar-refractivity contribution in [3.05, 3.63) is 28.2 Å².